The lowest BCUT2D eigenvalue weighted by Gasteiger charge is -1.85. The van der Waals surface area contributed by atoms with E-state index in [4.69, 9.17) is 29.9 Å². The van der Waals surface area contributed by atoms with Crippen molar-refractivity contribution in [3.63, 3.8) is 0 Å². The van der Waals surface area contributed by atoms with Crippen LogP contribution in [0.2, 0.25) is 0 Å². The molecule has 0 fully saturated rings. The molecule has 0 N–H and O–H groups in total. The monoisotopic (exact) mass is 286 g/mol. The summed E-state index contributed by atoms with van der Waals surface area (Å²) in [6, 6.07) is 9.87. The smallest absolute Gasteiger partial charge is 0.249 e. The maximum absolute atomic E-state index is 8.84. The van der Waals surface area contributed by atoms with Crippen molar-refractivity contribution < 1.29 is 8.83 Å². The molecule has 0 radical (unpaired) electrons. The average molecular weight is 286 g/mol. The van der Waals surface area contributed by atoms with Gasteiger partial charge in [0, 0.05) is 0 Å². The summed E-state index contributed by atoms with van der Waals surface area (Å²) in [7, 11) is 0. The van der Waals surface area contributed by atoms with Crippen molar-refractivity contribution in [3.8, 4) is 24.3 Å². The van der Waals surface area contributed by atoms with Crippen molar-refractivity contribution in [1.29, 1.82) is 21.0 Å². The molecule has 0 amide bonds. The second kappa shape index (κ2) is 4.76. The molecular weight excluding hydrogens is 284 g/mol. The van der Waals surface area contributed by atoms with Crippen LogP contribution >= 0.6 is 0 Å². The lowest BCUT2D eigenvalue weighted by molar-refractivity contribution is 0.531. The van der Waals surface area contributed by atoms with E-state index < -0.39 is 0 Å². The number of nitriles is 4. The molecule has 0 atom stereocenters. The highest BCUT2D eigenvalue weighted by molar-refractivity contribution is 5.97. The van der Waals surface area contributed by atoms with E-state index in [1.807, 2.05) is 0 Å². The SMILES string of the molecule is N#CC(C#N)=c1nc2ccc3nc(=C(C#N)C#N)oc3c2o1. The summed E-state index contributed by atoms with van der Waals surface area (Å²) in [6.07, 6.45) is 0. The minimum absolute atomic E-state index is 0.129. The molecule has 3 aromatic rings. The summed E-state index contributed by atoms with van der Waals surface area (Å²) in [6.45, 7) is 0. The highest BCUT2D eigenvalue weighted by Crippen LogP contribution is 2.21. The van der Waals surface area contributed by atoms with Crippen LogP contribution in [-0.4, -0.2) is 9.97 Å². The molecule has 2 heterocycles. The molecule has 0 saturated heterocycles. The lowest BCUT2D eigenvalue weighted by atomic mass is 10.3. The quantitative estimate of drug-likeness (QED) is 0.575. The van der Waals surface area contributed by atoms with Gasteiger partial charge in [0.25, 0.3) is 0 Å². The Morgan fingerprint density at radius 3 is 1.41 bits per heavy atom. The summed E-state index contributed by atoms with van der Waals surface area (Å²) in [4.78, 5) is 8.05. The number of benzene rings is 1. The highest BCUT2D eigenvalue weighted by Gasteiger charge is 2.14. The van der Waals surface area contributed by atoms with E-state index >= 15 is 0 Å². The Balaban J connectivity index is 2.50. The Kier molecular flexibility index (Phi) is 2.78. The fraction of sp³-hybridized carbons (Fsp3) is 0. The zero-order valence-electron chi connectivity index (χ0n) is 10.7. The minimum Gasteiger partial charge on any atom is -0.431 e. The van der Waals surface area contributed by atoms with Gasteiger partial charge >= 0.3 is 0 Å². The molecule has 8 nitrogen and oxygen atoms in total. The van der Waals surface area contributed by atoms with Gasteiger partial charge < -0.3 is 8.83 Å². The molecule has 0 saturated carbocycles. The largest absolute Gasteiger partial charge is 0.431 e. The molecule has 0 aliphatic carbocycles. The van der Waals surface area contributed by atoms with Gasteiger partial charge in [-0.2, -0.15) is 21.0 Å². The summed E-state index contributed by atoms with van der Waals surface area (Å²) >= 11 is 0. The Bertz CT molecular complexity index is 1090. The van der Waals surface area contributed by atoms with Gasteiger partial charge in [-0.05, 0) is 12.1 Å². The molecule has 2 aromatic heterocycles. The first-order valence-electron chi connectivity index (χ1n) is 5.77. The van der Waals surface area contributed by atoms with Crippen LogP contribution in [-0.2, 0) is 0 Å². The maximum Gasteiger partial charge on any atom is 0.249 e. The highest BCUT2D eigenvalue weighted by atomic mass is 16.4. The topological polar surface area (TPSA) is 147 Å². The Hall–Kier alpha value is -4.14. The number of oxazole rings is 2. The average Bonchev–Trinajstić information content (AvgIpc) is 3.13. The molecule has 0 aliphatic heterocycles. The summed E-state index contributed by atoms with van der Waals surface area (Å²) in [5, 5.41) is 35.4. The van der Waals surface area contributed by atoms with Crippen LogP contribution in [0.1, 0.15) is 0 Å². The van der Waals surface area contributed by atoms with Crippen LogP contribution in [0.25, 0.3) is 33.3 Å². The number of fused-ring (bicyclic) bond motifs is 3. The normalized spacial score (nSPS) is 9.64. The van der Waals surface area contributed by atoms with Gasteiger partial charge in [0.15, 0.2) is 22.3 Å². The van der Waals surface area contributed by atoms with E-state index in [0.717, 1.165) is 0 Å². The van der Waals surface area contributed by atoms with E-state index in [9.17, 15) is 0 Å². The van der Waals surface area contributed by atoms with E-state index in [0.29, 0.717) is 11.0 Å². The molecule has 1 aromatic carbocycles. The number of nitrogens with zero attached hydrogens (tertiary/aromatic N) is 6. The summed E-state index contributed by atoms with van der Waals surface area (Å²) in [5.41, 5.74) is 0.294. The van der Waals surface area contributed by atoms with Crippen molar-refractivity contribution in [1.82, 2.24) is 9.97 Å². The van der Waals surface area contributed by atoms with Crippen molar-refractivity contribution in [2.24, 2.45) is 0 Å². The molecule has 22 heavy (non-hydrogen) atoms. The lowest BCUT2D eigenvalue weighted by Crippen LogP contribution is -2.03. The van der Waals surface area contributed by atoms with E-state index in [1.165, 1.54) is 0 Å². The standard InChI is InChI=1S/C14H2N6O2/c15-3-7(4-16)13-19-9-1-2-10-12(11(9)21-13)22-14(20-10)8(5-17)6-18/h1-2H. The van der Waals surface area contributed by atoms with Gasteiger partial charge in [0.05, 0.1) is 0 Å². The molecule has 0 unspecified atom stereocenters. The Morgan fingerprint density at radius 2 is 1.09 bits per heavy atom. The molecule has 100 valence electrons. The zero-order valence-corrected chi connectivity index (χ0v) is 10.7. The van der Waals surface area contributed by atoms with E-state index in [2.05, 4.69) is 9.97 Å². The maximum atomic E-state index is 8.84. The minimum atomic E-state index is -0.273. The van der Waals surface area contributed by atoms with Crippen LogP contribution in [0.15, 0.2) is 21.0 Å². The Morgan fingerprint density at radius 1 is 0.727 bits per heavy atom. The second-order valence-electron chi connectivity index (χ2n) is 4.00. The zero-order chi connectivity index (χ0) is 15.7. The molecule has 3 rings (SSSR count). The van der Waals surface area contributed by atoms with Crippen LogP contribution < -0.4 is 11.1 Å². The molecule has 0 aliphatic rings. The molecular formula is C14H2N6O2. The first-order valence-corrected chi connectivity index (χ1v) is 5.77. The fourth-order valence-corrected chi connectivity index (χ4v) is 1.83. The van der Waals surface area contributed by atoms with E-state index in [-0.39, 0.29) is 33.4 Å². The van der Waals surface area contributed by atoms with Gasteiger partial charge in [-0.1, -0.05) is 0 Å². The van der Waals surface area contributed by atoms with Crippen molar-refractivity contribution in [2.75, 3.05) is 0 Å². The van der Waals surface area contributed by atoms with Gasteiger partial charge in [-0.15, -0.1) is 0 Å². The molecule has 0 bridgehead atoms. The first kappa shape index (κ1) is 12.9. The summed E-state index contributed by atoms with van der Waals surface area (Å²) in [5.74, 6) is 0. The third-order valence-electron chi connectivity index (χ3n) is 2.79. The number of aromatic nitrogens is 2. The van der Waals surface area contributed by atoms with Crippen LogP contribution in [0.3, 0.4) is 0 Å². The third kappa shape index (κ3) is 1.74. The molecule has 8 heteroatoms. The number of hydrogen-bond acceptors (Lipinski definition) is 8. The third-order valence-corrected chi connectivity index (χ3v) is 2.79. The van der Waals surface area contributed by atoms with Crippen LogP contribution in [0.4, 0.5) is 0 Å². The molecule has 0 spiro atoms. The predicted molar refractivity (Wildman–Crippen MR) is 70.1 cm³/mol. The van der Waals surface area contributed by atoms with Gasteiger partial charge in [0.1, 0.15) is 35.3 Å². The fourth-order valence-electron chi connectivity index (χ4n) is 1.83. The second-order valence-corrected chi connectivity index (χ2v) is 4.00. The van der Waals surface area contributed by atoms with Gasteiger partial charge in [0.2, 0.25) is 11.1 Å². The van der Waals surface area contributed by atoms with Gasteiger partial charge in [-0.3, -0.25) is 0 Å². The first-order chi connectivity index (χ1) is 10.7. The van der Waals surface area contributed by atoms with E-state index in [1.54, 1.807) is 36.4 Å². The van der Waals surface area contributed by atoms with Crippen molar-refractivity contribution >= 4 is 33.3 Å². The van der Waals surface area contributed by atoms with Crippen molar-refractivity contribution in [2.45, 2.75) is 0 Å². The van der Waals surface area contributed by atoms with Gasteiger partial charge in [-0.25, -0.2) is 9.97 Å². The summed E-state index contributed by atoms with van der Waals surface area (Å²) < 4.78 is 10.8. The van der Waals surface area contributed by atoms with Crippen LogP contribution in [0.5, 0.6) is 0 Å². The predicted octanol–water partition coefficient (Wildman–Crippen LogP) is 0.365. The number of hydrogen-bond donors (Lipinski definition) is 0. The van der Waals surface area contributed by atoms with Crippen molar-refractivity contribution in [3.05, 3.63) is 23.2 Å². The number of rotatable bonds is 0. The Labute approximate surface area is 121 Å². The van der Waals surface area contributed by atoms with Crippen LogP contribution in [0, 0.1) is 45.3 Å².